The molecule has 134 valence electrons. The molecule has 3 nitrogen and oxygen atoms in total. The minimum Gasteiger partial charge on any atom is -0.324 e. The van der Waals surface area contributed by atoms with E-state index >= 15 is 0 Å². The van der Waals surface area contributed by atoms with Gasteiger partial charge in [0.05, 0.1) is 6.07 Å². The molecule has 0 spiro atoms. The number of amides is 1. The summed E-state index contributed by atoms with van der Waals surface area (Å²) >= 11 is 1.51. The van der Waals surface area contributed by atoms with Crippen LogP contribution in [0.25, 0.3) is 0 Å². The third-order valence-electron chi connectivity index (χ3n) is 4.11. The molecule has 0 bridgehead atoms. The van der Waals surface area contributed by atoms with Gasteiger partial charge in [-0.3, -0.25) is 4.79 Å². The van der Waals surface area contributed by atoms with Crippen LogP contribution in [0.4, 0.5) is 0 Å². The first-order chi connectivity index (χ1) is 13.3. The lowest BCUT2D eigenvalue weighted by atomic mass is 10.1. The van der Waals surface area contributed by atoms with E-state index in [0.29, 0.717) is 6.54 Å². The maximum atomic E-state index is 13.4. The van der Waals surface area contributed by atoms with Gasteiger partial charge in [-0.25, -0.2) is 0 Å². The predicted octanol–water partition coefficient (Wildman–Crippen LogP) is 5.07. The molecule has 3 rings (SSSR count). The first-order valence-electron chi connectivity index (χ1n) is 8.74. The van der Waals surface area contributed by atoms with Gasteiger partial charge in [-0.15, -0.1) is 11.8 Å². The highest BCUT2D eigenvalue weighted by atomic mass is 32.2. The molecule has 1 amide bonds. The molecule has 0 N–H and O–H groups in total. The van der Waals surface area contributed by atoms with Crippen molar-refractivity contribution in [3.8, 4) is 6.07 Å². The molecule has 4 heteroatoms. The number of rotatable bonds is 7. The van der Waals surface area contributed by atoms with Crippen LogP contribution in [-0.2, 0) is 11.3 Å². The fourth-order valence-corrected chi connectivity index (χ4v) is 3.92. The number of hydrogen-bond donors (Lipinski definition) is 0. The van der Waals surface area contributed by atoms with Crippen molar-refractivity contribution in [2.75, 3.05) is 6.54 Å². The second kappa shape index (κ2) is 9.61. The third kappa shape index (κ3) is 5.22. The lowest BCUT2D eigenvalue weighted by Gasteiger charge is -2.25. The van der Waals surface area contributed by atoms with Gasteiger partial charge in [-0.1, -0.05) is 78.9 Å². The molecule has 27 heavy (non-hydrogen) atoms. The van der Waals surface area contributed by atoms with Crippen LogP contribution in [0.3, 0.4) is 0 Å². The zero-order chi connectivity index (χ0) is 18.9. The highest BCUT2D eigenvalue weighted by Crippen LogP contribution is 2.36. The molecule has 0 aliphatic carbocycles. The van der Waals surface area contributed by atoms with E-state index in [2.05, 4.69) is 6.07 Å². The molecule has 0 aliphatic heterocycles. The summed E-state index contributed by atoms with van der Waals surface area (Å²) < 4.78 is 0. The van der Waals surface area contributed by atoms with Crippen LogP contribution in [0.5, 0.6) is 0 Å². The average Bonchev–Trinajstić information content (AvgIpc) is 2.73. The Morgan fingerprint density at radius 2 is 1.44 bits per heavy atom. The first-order valence-corrected chi connectivity index (χ1v) is 9.62. The monoisotopic (exact) mass is 372 g/mol. The van der Waals surface area contributed by atoms with E-state index in [4.69, 9.17) is 0 Å². The maximum Gasteiger partial charge on any atom is 0.241 e. The number of nitriles is 1. The summed E-state index contributed by atoms with van der Waals surface area (Å²) in [6, 6.07) is 31.5. The van der Waals surface area contributed by atoms with Gasteiger partial charge in [-0.05, 0) is 23.3 Å². The van der Waals surface area contributed by atoms with Crippen molar-refractivity contribution in [2.24, 2.45) is 0 Å². The van der Waals surface area contributed by atoms with Crippen LogP contribution in [0, 0.1) is 11.3 Å². The summed E-state index contributed by atoms with van der Waals surface area (Å²) in [5.41, 5.74) is 1.95. The second-order valence-electron chi connectivity index (χ2n) is 6.06. The fourth-order valence-electron chi connectivity index (χ4n) is 2.79. The lowest BCUT2D eigenvalue weighted by Crippen LogP contribution is -2.34. The minimum absolute atomic E-state index is 0.0551. The number of nitrogens with zero attached hydrogens (tertiary/aromatic N) is 2. The van der Waals surface area contributed by atoms with Gasteiger partial charge >= 0.3 is 0 Å². The van der Waals surface area contributed by atoms with Crippen molar-refractivity contribution >= 4 is 17.7 Å². The third-order valence-corrected chi connectivity index (χ3v) is 5.37. The van der Waals surface area contributed by atoms with Gasteiger partial charge in [0.2, 0.25) is 5.91 Å². The van der Waals surface area contributed by atoms with Crippen LogP contribution < -0.4 is 0 Å². The molecule has 1 unspecified atom stereocenters. The number of carbonyl (C=O) groups is 1. The topological polar surface area (TPSA) is 44.1 Å². The summed E-state index contributed by atoms with van der Waals surface area (Å²) in [6.07, 6.45) is 0. The Morgan fingerprint density at radius 1 is 0.889 bits per heavy atom. The molecule has 0 aliphatic rings. The van der Waals surface area contributed by atoms with Crippen molar-refractivity contribution < 1.29 is 4.79 Å². The van der Waals surface area contributed by atoms with Gasteiger partial charge in [0, 0.05) is 11.4 Å². The smallest absolute Gasteiger partial charge is 0.241 e. The first kappa shape index (κ1) is 18.8. The normalized spacial score (nSPS) is 11.4. The Bertz CT molecular complexity index is 892. The lowest BCUT2D eigenvalue weighted by molar-refractivity contribution is -0.130. The summed E-state index contributed by atoms with van der Waals surface area (Å²) in [7, 11) is 0. The molecule has 0 aromatic heterocycles. The van der Waals surface area contributed by atoms with Gasteiger partial charge in [0.1, 0.15) is 11.8 Å². The minimum atomic E-state index is -0.398. The van der Waals surface area contributed by atoms with E-state index in [0.717, 1.165) is 16.0 Å². The SMILES string of the molecule is N#CCN(Cc1ccccc1)C(=O)C(Sc1ccccc1)c1ccccc1. The molecule has 0 fully saturated rings. The highest BCUT2D eigenvalue weighted by Gasteiger charge is 2.27. The molecule has 3 aromatic rings. The average molecular weight is 372 g/mol. The van der Waals surface area contributed by atoms with Crippen molar-refractivity contribution in [2.45, 2.75) is 16.7 Å². The van der Waals surface area contributed by atoms with Crippen LogP contribution >= 0.6 is 11.8 Å². The Labute approximate surface area is 164 Å². The number of thioether (sulfide) groups is 1. The molecule has 0 saturated heterocycles. The fraction of sp³-hybridized carbons (Fsp3) is 0.130. The largest absolute Gasteiger partial charge is 0.324 e. The predicted molar refractivity (Wildman–Crippen MR) is 109 cm³/mol. The Kier molecular flexibility index (Phi) is 6.67. The second-order valence-corrected chi connectivity index (χ2v) is 7.24. The molecular weight excluding hydrogens is 352 g/mol. The summed E-state index contributed by atoms with van der Waals surface area (Å²) in [5, 5.41) is 8.86. The number of hydrogen-bond acceptors (Lipinski definition) is 3. The quantitative estimate of drug-likeness (QED) is 0.429. The number of carbonyl (C=O) groups excluding carboxylic acids is 1. The van der Waals surface area contributed by atoms with Gasteiger partial charge in [0.25, 0.3) is 0 Å². The van der Waals surface area contributed by atoms with Crippen molar-refractivity contribution in [3.63, 3.8) is 0 Å². The van der Waals surface area contributed by atoms with Crippen molar-refractivity contribution in [1.82, 2.24) is 4.90 Å². The highest BCUT2D eigenvalue weighted by molar-refractivity contribution is 8.00. The summed E-state index contributed by atoms with van der Waals surface area (Å²) in [6.45, 7) is 0.484. The molecule has 0 saturated carbocycles. The molecule has 0 heterocycles. The van der Waals surface area contributed by atoms with Crippen LogP contribution in [0.15, 0.2) is 95.9 Å². The van der Waals surface area contributed by atoms with Crippen LogP contribution in [-0.4, -0.2) is 17.4 Å². The zero-order valence-electron chi connectivity index (χ0n) is 14.9. The molecule has 1 atom stereocenters. The van der Waals surface area contributed by atoms with Gasteiger partial charge in [0.15, 0.2) is 0 Å². The Balaban J connectivity index is 1.89. The summed E-state index contributed by atoms with van der Waals surface area (Å²) in [4.78, 5) is 16.0. The Morgan fingerprint density at radius 3 is 2.04 bits per heavy atom. The zero-order valence-corrected chi connectivity index (χ0v) is 15.7. The summed E-state index contributed by atoms with van der Waals surface area (Å²) in [5.74, 6) is -0.0551. The Hall–Kier alpha value is -3.03. The number of benzene rings is 3. The molecular formula is C23H20N2OS. The molecule has 3 aromatic carbocycles. The van der Waals surface area contributed by atoms with Crippen molar-refractivity contribution in [3.05, 3.63) is 102 Å². The van der Waals surface area contributed by atoms with E-state index in [9.17, 15) is 10.1 Å². The van der Waals surface area contributed by atoms with E-state index in [-0.39, 0.29) is 12.5 Å². The van der Waals surface area contributed by atoms with Gasteiger partial charge in [-0.2, -0.15) is 5.26 Å². The van der Waals surface area contributed by atoms with Crippen LogP contribution in [0.2, 0.25) is 0 Å². The van der Waals surface area contributed by atoms with Crippen LogP contribution in [0.1, 0.15) is 16.4 Å². The standard InChI is InChI=1S/C23H20N2OS/c24-16-17-25(18-19-10-4-1-5-11-19)23(26)22(20-12-6-2-7-13-20)27-21-14-8-3-9-15-21/h1-15,22H,17-18H2. The maximum absolute atomic E-state index is 13.4. The molecule has 0 radical (unpaired) electrons. The van der Waals surface area contributed by atoms with E-state index in [1.807, 2.05) is 91.0 Å². The van der Waals surface area contributed by atoms with Crippen molar-refractivity contribution in [1.29, 1.82) is 5.26 Å². The van der Waals surface area contributed by atoms with Gasteiger partial charge < -0.3 is 4.90 Å². The van der Waals surface area contributed by atoms with E-state index in [1.54, 1.807) is 4.90 Å². The van der Waals surface area contributed by atoms with E-state index < -0.39 is 5.25 Å². The van der Waals surface area contributed by atoms with E-state index in [1.165, 1.54) is 11.8 Å².